The zero-order chi connectivity index (χ0) is 9.30. The molecule has 0 aliphatic carbocycles. The molecule has 2 nitrogen and oxygen atoms in total. The van der Waals surface area contributed by atoms with Crippen LogP contribution in [0.2, 0.25) is 5.15 Å². The molecule has 0 unspecified atom stereocenters. The third-order valence-electron chi connectivity index (χ3n) is 1.20. The SMILES string of the molecule is Oc1cnc(Cl)c(C(F)F)c1Br. The molecule has 1 rings (SSSR count). The number of alkyl halides is 2. The number of nitrogens with zero attached hydrogens (tertiary/aromatic N) is 1. The Morgan fingerprint density at radius 2 is 2.17 bits per heavy atom. The van der Waals surface area contributed by atoms with E-state index in [9.17, 15) is 8.78 Å². The van der Waals surface area contributed by atoms with E-state index >= 15 is 0 Å². The van der Waals surface area contributed by atoms with E-state index in [1.165, 1.54) is 0 Å². The van der Waals surface area contributed by atoms with E-state index in [1.807, 2.05) is 0 Å². The van der Waals surface area contributed by atoms with Gasteiger partial charge in [0.25, 0.3) is 6.43 Å². The van der Waals surface area contributed by atoms with Gasteiger partial charge in [0.05, 0.1) is 16.2 Å². The second kappa shape index (κ2) is 3.53. The lowest BCUT2D eigenvalue weighted by Gasteiger charge is -2.05. The molecule has 1 aromatic rings. The van der Waals surface area contributed by atoms with Crippen LogP contribution < -0.4 is 0 Å². The highest BCUT2D eigenvalue weighted by molar-refractivity contribution is 9.10. The van der Waals surface area contributed by atoms with Crippen molar-refractivity contribution in [3.05, 3.63) is 21.4 Å². The van der Waals surface area contributed by atoms with Crippen LogP contribution in [0.15, 0.2) is 10.7 Å². The summed E-state index contributed by atoms with van der Waals surface area (Å²) in [5.74, 6) is -0.352. The van der Waals surface area contributed by atoms with E-state index in [0.29, 0.717) is 0 Å². The van der Waals surface area contributed by atoms with Gasteiger partial charge in [-0.15, -0.1) is 0 Å². The minimum Gasteiger partial charge on any atom is -0.505 e. The monoisotopic (exact) mass is 257 g/mol. The fourth-order valence-corrected chi connectivity index (χ4v) is 1.46. The lowest BCUT2D eigenvalue weighted by molar-refractivity contribution is 0.149. The van der Waals surface area contributed by atoms with Crippen molar-refractivity contribution in [2.75, 3.05) is 0 Å². The molecular formula is C6H3BrClF2NO. The summed E-state index contributed by atoms with van der Waals surface area (Å²) in [4.78, 5) is 3.37. The molecule has 0 spiro atoms. The molecule has 12 heavy (non-hydrogen) atoms. The van der Waals surface area contributed by atoms with Crippen molar-refractivity contribution in [1.82, 2.24) is 4.98 Å². The second-order valence-corrected chi connectivity index (χ2v) is 3.11. The summed E-state index contributed by atoms with van der Waals surface area (Å²) in [5, 5.41) is 8.66. The van der Waals surface area contributed by atoms with E-state index in [1.54, 1.807) is 0 Å². The van der Waals surface area contributed by atoms with Gasteiger partial charge < -0.3 is 5.11 Å². The van der Waals surface area contributed by atoms with Crippen molar-refractivity contribution in [3.63, 3.8) is 0 Å². The zero-order valence-corrected chi connectivity index (χ0v) is 7.90. The molecule has 1 N–H and O–H groups in total. The summed E-state index contributed by atoms with van der Waals surface area (Å²) in [7, 11) is 0. The predicted molar refractivity (Wildman–Crippen MR) is 43.6 cm³/mol. The molecule has 0 atom stereocenters. The first kappa shape index (κ1) is 9.67. The average molecular weight is 258 g/mol. The number of aromatic nitrogens is 1. The van der Waals surface area contributed by atoms with Gasteiger partial charge in [0.1, 0.15) is 10.9 Å². The van der Waals surface area contributed by atoms with Crippen molar-refractivity contribution in [2.24, 2.45) is 0 Å². The minimum atomic E-state index is -2.76. The topological polar surface area (TPSA) is 33.1 Å². The Morgan fingerprint density at radius 3 is 2.58 bits per heavy atom. The maximum atomic E-state index is 12.2. The van der Waals surface area contributed by atoms with Crippen LogP contribution in [0.5, 0.6) is 5.75 Å². The van der Waals surface area contributed by atoms with Crippen LogP contribution in [0.3, 0.4) is 0 Å². The van der Waals surface area contributed by atoms with Gasteiger partial charge >= 0.3 is 0 Å². The van der Waals surface area contributed by atoms with E-state index < -0.39 is 12.0 Å². The first-order chi connectivity index (χ1) is 5.54. The fourth-order valence-electron chi connectivity index (χ4n) is 0.658. The lowest BCUT2D eigenvalue weighted by atomic mass is 10.3. The number of pyridine rings is 1. The Hall–Kier alpha value is -0.420. The molecule has 0 saturated carbocycles. The maximum Gasteiger partial charge on any atom is 0.268 e. The lowest BCUT2D eigenvalue weighted by Crippen LogP contribution is -1.91. The van der Waals surface area contributed by atoms with Gasteiger partial charge in [-0.1, -0.05) is 11.6 Å². The molecular weight excluding hydrogens is 255 g/mol. The zero-order valence-electron chi connectivity index (χ0n) is 5.56. The van der Waals surface area contributed by atoms with Crippen molar-refractivity contribution < 1.29 is 13.9 Å². The van der Waals surface area contributed by atoms with Crippen LogP contribution in [0.1, 0.15) is 12.0 Å². The molecule has 0 bridgehead atoms. The van der Waals surface area contributed by atoms with Crippen LogP contribution in [-0.2, 0) is 0 Å². The molecule has 0 amide bonds. The van der Waals surface area contributed by atoms with Gasteiger partial charge in [-0.25, -0.2) is 13.8 Å². The molecule has 0 saturated heterocycles. The molecule has 0 aliphatic rings. The number of halogens is 4. The molecule has 1 aromatic heterocycles. The van der Waals surface area contributed by atoms with Gasteiger partial charge in [-0.2, -0.15) is 0 Å². The second-order valence-electron chi connectivity index (χ2n) is 1.96. The first-order valence-electron chi connectivity index (χ1n) is 2.85. The minimum absolute atomic E-state index is 0.113. The smallest absolute Gasteiger partial charge is 0.268 e. The molecule has 0 radical (unpaired) electrons. The van der Waals surface area contributed by atoms with Crippen LogP contribution in [0.25, 0.3) is 0 Å². The van der Waals surface area contributed by atoms with E-state index in [-0.39, 0.29) is 15.4 Å². The molecule has 1 heterocycles. The third-order valence-corrected chi connectivity index (χ3v) is 2.34. The number of hydrogen-bond donors (Lipinski definition) is 1. The molecule has 6 heteroatoms. The third kappa shape index (κ3) is 1.67. The number of hydrogen-bond acceptors (Lipinski definition) is 2. The first-order valence-corrected chi connectivity index (χ1v) is 4.02. The van der Waals surface area contributed by atoms with Crippen LogP contribution in [-0.4, -0.2) is 10.1 Å². The van der Waals surface area contributed by atoms with Crippen LogP contribution >= 0.6 is 27.5 Å². The summed E-state index contributed by atoms with van der Waals surface area (Å²) in [6.07, 6.45) is -1.76. The summed E-state index contributed by atoms with van der Waals surface area (Å²) in [6, 6.07) is 0. The Balaban J connectivity index is 3.33. The average Bonchev–Trinajstić information content (AvgIpc) is 1.97. The van der Waals surface area contributed by atoms with Crippen molar-refractivity contribution in [3.8, 4) is 5.75 Å². The Morgan fingerprint density at radius 1 is 1.58 bits per heavy atom. The van der Waals surface area contributed by atoms with Gasteiger partial charge in [0.15, 0.2) is 0 Å². The molecule has 0 aliphatic heterocycles. The van der Waals surface area contributed by atoms with E-state index in [0.717, 1.165) is 6.20 Å². The predicted octanol–water partition coefficient (Wildman–Crippen LogP) is 3.14. The highest BCUT2D eigenvalue weighted by atomic mass is 79.9. The Labute approximate surface area is 80.3 Å². The maximum absolute atomic E-state index is 12.2. The highest BCUT2D eigenvalue weighted by Gasteiger charge is 2.19. The normalized spacial score (nSPS) is 10.8. The molecule has 66 valence electrons. The summed E-state index contributed by atoms with van der Waals surface area (Å²) >= 11 is 8.14. The van der Waals surface area contributed by atoms with Crippen molar-refractivity contribution in [1.29, 1.82) is 0 Å². The summed E-state index contributed by atoms with van der Waals surface area (Å²) in [6.45, 7) is 0. The molecule has 0 fully saturated rings. The quantitative estimate of drug-likeness (QED) is 0.785. The largest absolute Gasteiger partial charge is 0.505 e. The van der Waals surface area contributed by atoms with Gasteiger partial charge in [0, 0.05) is 0 Å². The highest BCUT2D eigenvalue weighted by Crippen LogP contribution is 2.37. The number of aromatic hydroxyl groups is 1. The molecule has 0 aromatic carbocycles. The van der Waals surface area contributed by atoms with Crippen LogP contribution in [0.4, 0.5) is 8.78 Å². The summed E-state index contributed by atoms with van der Waals surface area (Å²) < 4.78 is 24.3. The van der Waals surface area contributed by atoms with Crippen molar-refractivity contribution in [2.45, 2.75) is 6.43 Å². The van der Waals surface area contributed by atoms with E-state index in [4.69, 9.17) is 16.7 Å². The van der Waals surface area contributed by atoms with Crippen molar-refractivity contribution >= 4 is 27.5 Å². The van der Waals surface area contributed by atoms with Gasteiger partial charge in [-0.3, -0.25) is 0 Å². The Kier molecular flexibility index (Phi) is 2.85. The summed E-state index contributed by atoms with van der Waals surface area (Å²) in [5.41, 5.74) is -0.489. The Bertz CT molecular complexity index is 308. The standard InChI is InChI=1S/C6H3BrClF2NO/c7-4-2(12)1-11-5(8)3(4)6(9)10/h1,6,12H. The number of rotatable bonds is 1. The van der Waals surface area contributed by atoms with Crippen LogP contribution in [0, 0.1) is 0 Å². The van der Waals surface area contributed by atoms with E-state index in [2.05, 4.69) is 20.9 Å². The van der Waals surface area contributed by atoms with Gasteiger partial charge in [-0.05, 0) is 15.9 Å². The fraction of sp³-hybridized carbons (Fsp3) is 0.167. The van der Waals surface area contributed by atoms with Gasteiger partial charge in [0.2, 0.25) is 0 Å².